The highest BCUT2D eigenvalue weighted by Gasteiger charge is 2.28. The molecule has 0 radical (unpaired) electrons. The number of benzene rings is 2. The van der Waals surface area contributed by atoms with Crippen LogP contribution in [0.4, 0.5) is 5.69 Å². The molecule has 3 rings (SSSR count). The highest BCUT2D eigenvalue weighted by Crippen LogP contribution is 2.33. The SMILES string of the molecule is C[C@H]1C(=O)Nc2ccc(S(=O)(=O)NCCCc3ccccc3)cc21. The number of fused-ring (bicyclic) bond motifs is 1. The Morgan fingerprint density at radius 2 is 1.88 bits per heavy atom. The standard InChI is InChI=1S/C18H20N2O3S/c1-13-16-12-15(9-10-17(16)20-18(13)21)24(22,23)19-11-5-8-14-6-3-2-4-7-14/h2-4,6-7,9-10,12-13,19H,5,8,11H2,1H3,(H,20,21)/t13-/m1/s1. The summed E-state index contributed by atoms with van der Waals surface area (Å²) < 4.78 is 27.5. The maximum absolute atomic E-state index is 12.4. The van der Waals surface area contributed by atoms with E-state index in [1.807, 2.05) is 30.3 Å². The fraction of sp³-hybridized carbons (Fsp3) is 0.278. The molecule has 0 saturated heterocycles. The zero-order valence-electron chi connectivity index (χ0n) is 13.5. The minimum atomic E-state index is -3.57. The lowest BCUT2D eigenvalue weighted by Gasteiger charge is -2.09. The molecular weight excluding hydrogens is 324 g/mol. The highest BCUT2D eigenvalue weighted by molar-refractivity contribution is 7.89. The zero-order chi connectivity index (χ0) is 17.2. The molecule has 1 aliphatic rings. The van der Waals surface area contributed by atoms with E-state index in [0.29, 0.717) is 12.2 Å². The molecule has 6 heteroatoms. The Labute approximate surface area is 142 Å². The van der Waals surface area contributed by atoms with Crippen molar-refractivity contribution in [1.29, 1.82) is 0 Å². The average molecular weight is 344 g/mol. The van der Waals surface area contributed by atoms with Gasteiger partial charge in [0.05, 0.1) is 10.8 Å². The Bertz CT molecular complexity index is 848. The molecule has 0 aromatic heterocycles. The van der Waals surface area contributed by atoms with Gasteiger partial charge in [-0.1, -0.05) is 30.3 Å². The first-order chi connectivity index (χ1) is 11.5. The second-order valence-corrected chi connectivity index (χ2v) is 7.71. The molecule has 1 aliphatic heterocycles. The van der Waals surface area contributed by atoms with E-state index in [1.165, 1.54) is 11.6 Å². The maximum Gasteiger partial charge on any atom is 0.240 e. The Morgan fingerprint density at radius 1 is 1.12 bits per heavy atom. The summed E-state index contributed by atoms with van der Waals surface area (Å²) in [6, 6.07) is 14.7. The number of hydrogen-bond donors (Lipinski definition) is 2. The van der Waals surface area contributed by atoms with Crippen LogP contribution in [-0.4, -0.2) is 20.9 Å². The van der Waals surface area contributed by atoms with Gasteiger partial charge in [0.2, 0.25) is 15.9 Å². The molecule has 0 saturated carbocycles. The summed E-state index contributed by atoms with van der Waals surface area (Å²) in [4.78, 5) is 11.9. The number of carbonyl (C=O) groups is 1. The fourth-order valence-electron chi connectivity index (χ4n) is 2.79. The van der Waals surface area contributed by atoms with Gasteiger partial charge in [-0.25, -0.2) is 13.1 Å². The van der Waals surface area contributed by atoms with Crippen LogP contribution in [0, 0.1) is 0 Å². The van der Waals surface area contributed by atoms with Gasteiger partial charge in [0.15, 0.2) is 0 Å². The third-order valence-corrected chi connectivity index (χ3v) is 5.69. The summed E-state index contributed by atoms with van der Waals surface area (Å²) in [7, 11) is -3.57. The Kier molecular flexibility index (Phi) is 4.69. The summed E-state index contributed by atoms with van der Waals surface area (Å²) in [6.45, 7) is 2.14. The smallest absolute Gasteiger partial charge is 0.240 e. The Hall–Kier alpha value is -2.18. The van der Waals surface area contributed by atoms with Crippen LogP contribution >= 0.6 is 0 Å². The minimum absolute atomic E-state index is 0.102. The van der Waals surface area contributed by atoms with Crippen LogP contribution in [0.1, 0.15) is 30.4 Å². The van der Waals surface area contributed by atoms with Crippen LogP contribution in [-0.2, 0) is 21.2 Å². The Morgan fingerprint density at radius 3 is 2.62 bits per heavy atom. The molecule has 126 valence electrons. The third kappa shape index (κ3) is 3.49. The molecule has 2 aromatic carbocycles. The van der Waals surface area contributed by atoms with Crippen molar-refractivity contribution in [2.24, 2.45) is 0 Å². The predicted molar refractivity (Wildman–Crippen MR) is 93.4 cm³/mol. The lowest BCUT2D eigenvalue weighted by atomic mass is 10.0. The molecule has 24 heavy (non-hydrogen) atoms. The summed E-state index contributed by atoms with van der Waals surface area (Å²) in [5.74, 6) is -0.427. The van der Waals surface area contributed by atoms with Gasteiger partial charge in [-0.15, -0.1) is 0 Å². The van der Waals surface area contributed by atoms with E-state index in [4.69, 9.17) is 0 Å². The average Bonchev–Trinajstić information content (AvgIpc) is 2.87. The monoisotopic (exact) mass is 344 g/mol. The number of nitrogens with one attached hydrogen (secondary N) is 2. The van der Waals surface area contributed by atoms with E-state index in [1.54, 1.807) is 19.1 Å². The fourth-order valence-corrected chi connectivity index (χ4v) is 3.90. The first-order valence-electron chi connectivity index (χ1n) is 7.96. The number of hydrogen-bond acceptors (Lipinski definition) is 3. The van der Waals surface area contributed by atoms with Crippen LogP contribution < -0.4 is 10.0 Å². The van der Waals surface area contributed by atoms with Crippen molar-refractivity contribution >= 4 is 21.6 Å². The normalized spacial score (nSPS) is 16.7. The molecule has 0 bridgehead atoms. The molecule has 0 spiro atoms. The molecule has 2 aromatic rings. The maximum atomic E-state index is 12.4. The second-order valence-electron chi connectivity index (χ2n) is 5.95. The quantitative estimate of drug-likeness (QED) is 0.791. The van der Waals surface area contributed by atoms with E-state index < -0.39 is 10.0 Å². The van der Waals surface area contributed by atoms with Crippen molar-refractivity contribution in [3.63, 3.8) is 0 Å². The molecule has 0 unspecified atom stereocenters. The van der Waals surface area contributed by atoms with Crippen LogP contribution in [0.5, 0.6) is 0 Å². The molecular formula is C18H20N2O3S. The van der Waals surface area contributed by atoms with Crippen LogP contribution in [0.25, 0.3) is 0 Å². The van der Waals surface area contributed by atoms with Gasteiger partial charge in [-0.05, 0) is 49.1 Å². The number of carbonyl (C=O) groups excluding carboxylic acids is 1. The highest BCUT2D eigenvalue weighted by atomic mass is 32.2. The van der Waals surface area contributed by atoms with Gasteiger partial charge < -0.3 is 5.32 Å². The van der Waals surface area contributed by atoms with E-state index in [-0.39, 0.29) is 16.7 Å². The predicted octanol–water partition coefficient (Wildman–Crippen LogP) is 2.65. The number of anilines is 1. The number of aryl methyl sites for hydroxylation is 1. The molecule has 1 amide bonds. The van der Waals surface area contributed by atoms with Crippen molar-refractivity contribution in [2.75, 3.05) is 11.9 Å². The van der Waals surface area contributed by atoms with Crippen molar-refractivity contribution < 1.29 is 13.2 Å². The second kappa shape index (κ2) is 6.75. The number of rotatable bonds is 6. The summed E-state index contributed by atoms with van der Waals surface area (Å²) >= 11 is 0. The molecule has 2 N–H and O–H groups in total. The van der Waals surface area contributed by atoms with Gasteiger partial charge in [0, 0.05) is 12.2 Å². The van der Waals surface area contributed by atoms with Crippen molar-refractivity contribution in [3.05, 3.63) is 59.7 Å². The molecule has 1 atom stereocenters. The van der Waals surface area contributed by atoms with E-state index in [2.05, 4.69) is 10.0 Å². The molecule has 0 aliphatic carbocycles. The third-order valence-electron chi connectivity index (χ3n) is 4.23. The lowest BCUT2D eigenvalue weighted by molar-refractivity contribution is -0.116. The van der Waals surface area contributed by atoms with E-state index >= 15 is 0 Å². The van der Waals surface area contributed by atoms with Gasteiger partial charge in [0.1, 0.15) is 0 Å². The van der Waals surface area contributed by atoms with Crippen molar-refractivity contribution in [1.82, 2.24) is 4.72 Å². The molecule has 1 heterocycles. The van der Waals surface area contributed by atoms with Gasteiger partial charge in [0.25, 0.3) is 0 Å². The van der Waals surface area contributed by atoms with E-state index in [0.717, 1.165) is 18.4 Å². The zero-order valence-corrected chi connectivity index (χ0v) is 14.3. The first-order valence-corrected chi connectivity index (χ1v) is 9.44. The van der Waals surface area contributed by atoms with Gasteiger partial charge in [-0.2, -0.15) is 0 Å². The molecule has 0 fully saturated rings. The van der Waals surface area contributed by atoms with Gasteiger partial charge >= 0.3 is 0 Å². The number of amides is 1. The summed E-state index contributed by atoms with van der Waals surface area (Å²) in [6.07, 6.45) is 1.55. The van der Waals surface area contributed by atoms with Crippen molar-refractivity contribution in [2.45, 2.75) is 30.6 Å². The van der Waals surface area contributed by atoms with Crippen molar-refractivity contribution in [3.8, 4) is 0 Å². The van der Waals surface area contributed by atoms with Crippen LogP contribution in [0.2, 0.25) is 0 Å². The van der Waals surface area contributed by atoms with Gasteiger partial charge in [-0.3, -0.25) is 4.79 Å². The number of sulfonamides is 1. The molecule has 5 nitrogen and oxygen atoms in total. The first kappa shape index (κ1) is 16.7. The topological polar surface area (TPSA) is 75.3 Å². The van der Waals surface area contributed by atoms with E-state index in [9.17, 15) is 13.2 Å². The van der Waals surface area contributed by atoms with Crippen LogP contribution in [0.3, 0.4) is 0 Å². The largest absolute Gasteiger partial charge is 0.325 e. The summed E-state index contributed by atoms with van der Waals surface area (Å²) in [5, 5.41) is 2.74. The Balaban J connectivity index is 1.63. The lowest BCUT2D eigenvalue weighted by Crippen LogP contribution is -2.25. The van der Waals surface area contributed by atoms with Crippen LogP contribution in [0.15, 0.2) is 53.4 Å². The minimum Gasteiger partial charge on any atom is -0.325 e. The summed E-state index contributed by atoms with van der Waals surface area (Å²) in [5.41, 5.74) is 2.61.